The molecule has 0 N–H and O–H groups in total. The minimum atomic E-state index is -3.18. The molecule has 33 heavy (non-hydrogen) atoms. The van der Waals surface area contributed by atoms with E-state index in [9.17, 15) is 13.2 Å². The molecule has 0 radical (unpaired) electrons. The number of furan rings is 1. The number of amides is 1. The molecule has 2 fully saturated rings. The molecule has 0 spiro atoms. The van der Waals surface area contributed by atoms with Crippen molar-refractivity contribution in [2.24, 2.45) is 0 Å². The molecule has 3 heterocycles. The number of hydrogen-bond acceptors (Lipinski definition) is 6. The standard InChI is InChI=1S/C23H28Cl2N2O5S/c1-16(31-21-7-5-17(24)13-20(21)25)23(28)27(18-9-12-33(29,30)15-18)14-19-6-8-22(32-19)26-10-3-2-4-11-26/h5-8,13,16,18H,2-4,9-12,14-15H2,1H3. The Balaban J connectivity index is 1.52. The van der Waals surface area contributed by atoms with Gasteiger partial charge < -0.3 is 19.0 Å². The number of halogens is 2. The lowest BCUT2D eigenvalue weighted by Crippen LogP contribution is -2.46. The van der Waals surface area contributed by atoms with Crippen molar-refractivity contribution in [3.63, 3.8) is 0 Å². The van der Waals surface area contributed by atoms with Crippen LogP contribution in [-0.2, 0) is 21.2 Å². The molecule has 2 aliphatic heterocycles. The number of benzene rings is 1. The van der Waals surface area contributed by atoms with E-state index in [1.54, 1.807) is 30.0 Å². The Kier molecular flexibility index (Phi) is 7.46. The van der Waals surface area contributed by atoms with Gasteiger partial charge in [-0.05, 0) is 56.9 Å². The van der Waals surface area contributed by atoms with E-state index in [4.69, 9.17) is 32.4 Å². The molecular weight excluding hydrogens is 487 g/mol. The van der Waals surface area contributed by atoms with Crippen LogP contribution in [0.15, 0.2) is 34.7 Å². The van der Waals surface area contributed by atoms with Crippen LogP contribution in [0, 0.1) is 0 Å². The maximum absolute atomic E-state index is 13.4. The molecule has 7 nitrogen and oxygen atoms in total. The lowest BCUT2D eigenvalue weighted by Gasteiger charge is -2.30. The molecule has 1 aromatic heterocycles. The molecular formula is C23H28Cl2N2O5S. The van der Waals surface area contributed by atoms with Crippen LogP contribution in [0.3, 0.4) is 0 Å². The second kappa shape index (κ2) is 10.2. The summed E-state index contributed by atoms with van der Waals surface area (Å²) in [5, 5.41) is 0.765. The van der Waals surface area contributed by atoms with Gasteiger partial charge in [0.25, 0.3) is 5.91 Å². The number of carbonyl (C=O) groups excluding carboxylic acids is 1. The highest BCUT2D eigenvalue weighted by molar-refractivity contribution is 7.91. The van der Waals surface area contributed by atoms with Gasteiger partial charge in [-0.2, -0.15) is 0 Å². The summed E-state index contributed by atoms with van der Waals surface area (Å²) >= 11 is 12.1. The zero-order valence-corrected chi connectivity index (χ0v) is 20.8. The van der Waals surface area contributed by atoms with E-state index < -0.39 is 22.0 Å². The van der Waals surface area contributed by atoms with Crippen LogP contribution >= 0.6 is 23.2 Å². The molecule has 1 amide bonds. The summed E-state index contributed by atoms with van der Waals surface area (Å²) in [4.78, 5) is 17.2. The predicted molar refractivity (Wildman–Crippen MR) is 129 cm³/mol. The molecule has 1 aromatic carbocycles. The third-order valence-electron chi connectivity index (χ3n) is 6.12. The Morgan fingerprint density at radius 2 is 1.97 bits per heavy atom. The Labute approximate surface area is 204 Å². The van der Waals surface area contributed by atoms with Gasteiger partial charge in [0.15, 0.2) is 21.8 Å². The maximum Gasteiger partial charge on any atom is 0.264 e. The molecule has 10 heteroatoms. The highest BCUT2D eigenvalue weighted by Gasteiger charge is 2.37. The van der Waals surface area contributed by atoms with Crippen molar-refractivity contribution in [1.82, 2.24) is 4.90 Å². The summed E-state index contributed by atoms with van der Waals surface area (Å²) in [5.74, 6) is 1.42. The van der Waals surface area contributed by atoms with E-state index in [1.807, 2.05) is 12.1 Å². The number of hydrogen-bond donors (Lipinski definition) is 0. The van der Waals surface area contributed by atoms with Crippen LogP contribution in [0.5, 0.6) is 5.75 Å². The summed E-state index contributed by atoms with van der Waals surface area (Å²) in [6.45, 7) is 3.70. The average molecular weight is 515 g/mol. The van der Waals surface area contributed by atoms with Crippen molar-refractivity contribution in [3.8, 4) is 5.75 Å². The quantitative estimate of drug-likeness (QED) is 0.538. The molecule has 4 rings (SSSR count). The van der Waals surface area contributed by atoms with Gasteiger partial charge in [-0.25, -0.2) is 8.42 Å². The van der Waals surface area contributed by atoms with Gasteiger partial charge in [-0.3, -0.25) is 4.79 Å². The van der Waals surface area contributed by atoms with E-state index >= 15 is 0 Å². The zero-order valence-electron chi connectivity index (χ0n) is 18.5. The molecule has 0 saturated carbocycles. The smallest absolute Gasteiger partial charge is 0.264 e. The van der Waals surface area contributed by atoms with Gasteiger partial charge >= 0.3 is 0 Å². The summed E-state index contributed by atoms with van der Waals surface area (Å²) in [5.41, 5.74) is 0. The fraction of sp³-hybridized carbons (Fsp3) is 0.522. The fourth-order valence-electron chi connectivity index (χ4n) is 4.36. The largest absolute Gasteiger partial charge is 0.479 e. The molecule has 2 atom stereocenters. The second-order valence-electron chi connectivity index (χ2n) is 8.65. The SMILES string of the molecule is CC(Oc1ccc(Cl)cc1Cl)C(=O)N(Cc1ccc(N2CCCCC2)o1)C1CCS(=O)(=O)C1. The lowest BCUT2D eigenvalue weighted by molar-refractivity contribution is -0.140. The summed E-state index contributed by atoms with van der Waals surface area (Å²) in [7, 11) is -3.18. The first-order valence-corrected chi connectivity index (χ1v) is 13.8. The van der Waals surface area contributed by atoms with Crippen molar-refractivity contribution in [2.45, 2.75) is 51.3 Å². The molecule has 180 valence electrons. The number of nitrogens with zero attached hydrogens (tertiary/aromatic N) is 2. The molecule has 2 saturated heterocycles. The predicted octanol–water partition coefficient (Wildman–Crippen LogP) is 4.56. The number of sulfone groups is 1. The first kappa shape index (κ1) is 24.2. The highest BCUT2D eigenvalue weighted by Crippen LogP contribution is 2.30. The summed E-state index contributed by atoms with van der Waals surface area (Å²) in [6.07, 6.45) is 2.99. The second-order valence-corrected chi connectivity index (χ2v) is 11.7. The fourth-order valence-corrected chi connectivity index (χ4v) is 6.54. The average Bonchev–Trinajstić information content (AvgIpc) is 3.40. The Bertz CT molecular complexity index is 1100. The zero-order chi connectivity index (χ0) is 23.6. The normalized spacial score (nSPS) is 21.1. The van der Waals surface area contributed by atoms with Gasteiger partial charge in [0.05, 0.1) is 23.1 Å². The molecule has 2 aliphatic rings. The number of ether oxygens (including phenoxy) is 1. The Hall–Kier alpha value is -1.90. The first-order chi connectivity index (χ1) is 15.7. The van der Waals surface area contributed by atoms with E-state index in [2.05, 4.69) is 4.90 Å². The molecule has 2 aromatic rings. The lowest BCUT2D eigenvalue weighted by atomic mass is 10.1. The van der Waals surface area contributed by atoms with Crippen molar-refractivity contribution >= 4 is 44.8 Å². The monoisotopic (exact) mass is 514 g/mol. The minimum absolute atomic E-state index is 0.0626. The first-order valence-electron chi connectivity index (χ1n) is 11.2. The molecule has 0 bridgehead atoms. The molecule has 2 unspecified atom stereocenters. The Morgan fingerprint density at radius 1 is 1.21 bits per heavy atom. The van der Waals surface area contributed by atoms with Crippen molar-refractivity contribution in [2.75, 3.05) is 29.5 Å². The van der Waals surface area contributed by atoms with Gasteiger partial charge in [0, 0.05) is 30.2 Å². The van der Waals surface area contributed by atoms with Gasteiger partial charge in [0.2, 0.25) is 0 Å². The van der Waals surface area contributed by atoms with Crippen LogP contribution in [0.25, 0.3) is 0 Å². The van der Waals surface area contributed by atoms with Crippen molar-refractivity contribution in [1.29, 1.82) is 0 Å². The number of carbonyl (C=O) groups is 1. The van der Waals surface area contributed by atoms with Crippen LogP contribution in [0.2, 0.25) is 10.0 Å². The highest BCUT2D eigenvalue weighted by atomic mass is 35.5. The van der Waals surface area contributed by atoms with Gasteiger partial charge in [-0.15, -0.1) is 0 Å². The van der Waals surface area contributed by atoms with E-state index in [-0.39, 0.29) is 24.0 Å². The van der Waals surface area contributed by atoms with Crippen molar-refractivity contribution in [3.05, 3.63) is 46.1 Å². The number of anilines is 1. The van der Waals surface area contributed by atoms with Crippen molar-refractivity contribution < 1.29 is 22.4 Å². The third kappa shape index (κ3) is 5.97. The number of piperidine rings is 1. The molecule has 0 aliphatic carbocycles. The van der Waals surface area contributed by atoms with Crippen LogP contribution < -0.4 is 9.64 Å². The maximum atomic E-state index is 13.4. The summed E-state index contributed by atoms with van der Waals surface area (Å²) < 4.78 is 36.2. The van der Waals surface area contributed by atoms with Crippen LogP contribution in [0.1, 0.15) is 38.4 Å². The van der Waals surface area contributed by atoms with Gasteiger partial charge in [-0.1, -0.05) is 23.2 Å². The minimum Gasteiger partial charge on any atom is -0.479 e. The number of rotatable bonds is 7. The summed E-state index contributed by atoms with van der Waals surface area (Å²) in [6, 6.07) is 8.12. The van der Waals surface area contributed by atoms with E-state index in [1.165, 1.54) is 6.42 Å². The van der Waals surface area contributed by atoms with E-state index in [0.717, 1.165) is 31.8 Å². The topological polar surface area (TPSA) is 80.1 Å². The Morgan fingerprint density at radius 3 is 2.64 bits per heavy atom. The van der Waals surface area contributed by atoms with Gasteiger partial charge in [0.1, 0.15) is 11.5 Å². The third-order valence-corrected chi connectivity index (χ3v) is 8.40. The van der Waals surface area contributed by atoms with E-state index in [0.29, 0.717) is 28.0 Å². The van der Waals surface area contributed by atoms with Crippen LogP contribution in [-0.4, -0.2) is 56.0 Å². The van der Waals surface area contributed by atoms with Crippen LogP contribution in [0.4, 0.5) is 5.88 Å².